The second kappa shape index (κ2) is 4.97. The van der Waals surface area contributed by atoms with Crippen LogP contribution in [0.1, 0.15) is 28.3 Å². The predicted molar refractivity (Wildman–Crippen MR) is 80.7 cm³/mol. The molecule has 0 bridgehead atoms. The summed E-state index contributed by atoms with van der Waals surface area (Å²) in [4.78, 5) is 13.4. The van der Waals surface area contributed by atoms with E-state index in [1.165, 1.54) is 12.1 Å². The topological polar surface area (TPSA) is 46.3 Å². The van der Waals surface area contributed by atoms with Gasteiger partial charge in [-0.1, -0.05) is 18.2 Å². The number of likely N-dealkylation sites (N-methyl/N-ethyl adjacent to an activating group) is 1. The van der Waals surface area contributed by atoms with Gasteiger partial charge in [-0.15, -0.1) is 0 Å². The molecular weight excluding hydrogens is 267 g/mol. The third-order valence-corrected chi connectivity index (χ3v) is 4.12. The average Bonchev–Trinajstić information content (AvgIpc) is 2.75. The first-order valence-electron chi connectivity index (χ1n) is 6.88. The molecule has 4 heteroatoms. The smallest absolute Gasteiger partial charge is 0.231 e. The second-order valence-electron chi connectivity index (χ2n) is 5.50. The van der Waals surface area contributed by atoms with E-state index in [0.717, 1.165) is 27.9 Å². The standard InChI is InChI=1S/C17H17FN2O/c1-10-3-5-13(18)9-14(10)17(19)11-4-6-15-12(7-11)8-16(21)20(15)2/h3-7,9,17H,8,19H2,1-2H3. The summed E-state index contributed by atoms with van der Waals surface area (Å²) in [5.74, 6) is -0.209. The zero-order valence-corrected chi connectivity index (χ0v) is 12.1. The summed E-state index contributed by atoms with van der Waals surface area (Å²) in [7, 11) is 1.77. The minimum atomic E-state index is -0.396. The summed E-state index contributed by atoms with van der Waals surface area (Å²) in [5, 5.41) is 0. The number of fused-ring (bicyclic) bond motifs is 1. The highest BCUT2D eigenvalue weighted by Gasteiger charge is 2.25. The minimum absolute atomic E-state index is 0.0812. The van der Waals surface area contributed by atoms with Crippen molar-refractivity contribution in [3.8, 4) is 0 Å². The fourth-order valence-corrected chi connectivity index (χ4v) is 2.81. The van der Waals surface area contributed by atoms with Crippen molar-refractivity contribution >= 4 is 11.6 Å². The van der Waals surface area contributed by atoms with Crippen LogP contribution in [0.5, 0.6) is 0 Å². The van der Waals surface area contributed by atoms with Gasteiger partial charge in [0.05, 0.1) is 12.5 Å². The number of hydrogen-bond donors (Lipinski definition) is 1. The minimum Gasteiger partial charge on any atom is -0.320 e. The molecule has 2 N–H and O–H groups in total. The fraction of sp³-hybridized carbons (Fsp3) is 0.235. The van der Waals surface area contributed by atoms with Crippen LogP contribution in [-0.2, 0) is 11.2 Å². The maximum atomic E-state index is 13.4. The van der Waals surface area contributed by atoms with Crippen LogP contribution in [0.3, 0.4) is 0 Å². The van der Waals surface area contributed by atoms with Crippen LogP contribution in [0.2, 0.25) is 0 Å². The van der Waals surface area contributed by atoms with Crippen LogP contribution < -0.4 is 10.6 Å². The Morgan fingerprint density at radius 3 is 2.76 bits per heavy atom. The Morgan fingerprint density at radius 2 is 2.00 bits per heavy atom. The van der Waals surface area contributed by atoms with Crippen LogP contribution in [0.4, 0.5) is 10.1 Å². The lowest BCUT2D eigenvalue weighted by molar-refractivity contribution is -0.117. The zero-order valence-electron chi connectivity index (χ0n) is 12.1. The van der Waals surface area contributed by atoms with Gasteiger partial charge in [0.1, 0.15) is 5.82 Å². The number of halogens is 1. The first kappa shape index (κ1) is 13.8. The maximum Gasteiger partial charge on any atom is 0.231 e. The van der Waals surface area contributed by atoms with Crippen molar-refractivity contribution < 1.29 is 9.18 Å². The van der Waals surface area contributed by atoms with E-state index < -0.39 is 6.04 Å². The van der Waals surface area contributed by atoms with E-state index in [2.05, 4.69) is 0 Å². The van der Waals surface area contributed by atoms with Gasteiger partial charge < -0.3 is 10.6 Å². The number of amides is 1. The molecule has 2 aromatic rings. The summed E-state index contributed by atoms with van der Waals surface area (Å²) in [5.41, 5.74) is 10.8. The molecule has 1 heterocycles. The SMILES string of the molecule is Cc1ccc(F)cc1C(N)c1ccc2c(c1)CC(=O)N2C. The second-order valence-corrected chi connectivity index (χ2v) is 5.50. The Hall–Kier alpha value is -2.20. The van der Waals surface area contributed by atoms with Crippen molar-refractivity contribution in [2.75, 3.05) is 11.9 Å². The van der Waals surface area contributed by atoms with Crippen molar-refractivity contribution in [2.45, 2.75) is 19.4 Å². The molecule has 0 aromatic heterocycles. The van der Waals surface area contributed by atoms with Gasteiger partial charge in [-0.2, -0.15) is 0 Å². The fourth-order valence-electron chi connectivity index (χ4n) is 2.81. The Balaban J connectivity index is 2.00. The Bertz CT molecular complexity index is 727. The van der Waals surface area contributed by atoms with Gasteiger partial charge in [0.25, 0.3) is 0 Å². The summed E-state index contributed by atoms with van der Waals surface area (Å²) >= 11 is 0. The van der Waals surface area contributed by atoms with Gasteiger partial charge in [0.15, 0.2) is 0 Å². The third kappa shape index (κ3) is 2.32. The molecule has 0 spiro atoms. The van der Waals surface area contributed by atoms with Crippen molar-refractivity contribution in [3.63, 3.8) is 0 Å². The molecule has 0 saturated heterocycles. The molecule has 1 aliphatic rings. The van der Waals surface area contributed by atoms with Gasteiger partial charge in [0.2, 0.25) is 5.91 Å². The lowest BCUT2D eigenvalue weighted by Crippen LogP contribution is -2.20. The Morgan fingerprint density at radius 1 is 1.24 bits per heavy atom. The summed E-state index contributed by atoms with van der Waals surface area (Å²) in [6.45, 7) is 1.92. The molecule has 0 saturated carbocycles. The maximum absolute atomic E-state index is 13.4. The van der Waals surface area contributed by atoms with Crippen LogP contribution in [0.25, 0.3) is 0 Å². The highest BCUT2D eigenvalue weighted by Crippen LogP contribution is 2.32. The quantitative estimate of drug-likeness (QED) is 0.921. The number of rotatable bonds is 2. The van der Waals surface area contributed by atoms with Gasteiger partial charge in [-0.05, 0) is 47.4 Å². The van der Waals surface area contributed by atoms with Gasteiger partial charge >= 0.3 is 0 Å². The van der Waals surface area contributed by atoms with E-state index in [9.17, 15) is 9.18 Å². The van der Waals surface area contributed by atoms with E-state index in [1.54, 1.807) is 18.0 Å². The number of nitrogens with zero attached hydrogens (tertiary/aromatic N) is 1. The molecule has 1 amide bonds. The van der Waals surface area contributed by atoms with Gasteiger partial charge in [0, 0.05) is 12.7 Å². The van der Waals surface area contributed by atoms with E-state index in [0.29, 0.717) is 6.42 Å². The Labute approximate surface area is 123 Å². The van der Waals surface area contributed by atoms with Gasteiger partial charge in [-0.25, -0.2) is 4.39 Å². The molecule has 1 atom stereocenters. The summed E-state index contributed by atoms with van der Waals surface area (Å²) < 4.78 is 13.4. The molecule has 0 aliphatic carbocycles. The highest BCUT2D eigenvalue weighted by molar-refractivity contribution is 6.00. The summed E-state index contributed by atoms with van der Waals surface area (Å²) in [6, 6.07) is 10.0. The first-order chi connectivity index (χ1) is 9.97. The molecule has 0 radical (unpaired) electrons. The monoisotopic (exact) mass is 284 g/mol. The molecule has 21 heavy (non-hydrogen) atoms. The Kier molecular flexibility index (Phi) is 3.26. The summed E-state index contributed by atoms with van der Waals surface area (Å²) in [6.07, 6.45) is 0.397. The van der Waals surface area contributed by atoms with Gasteiger partial charge in [-0.3, -0.25) is 4.79 Å². The van der Waals surface area contributed by atoms with Crippen molar-refractivity contribution in [1.82, 2.24) is 0 Å². The molecule has 1 aliphatic heterocycles. The van der Waals surface area contributed by atoms with E-state index in [-0.39, 0.29) is 11.7 Å². The molecular formula is C17H17FN2O. The molecule has 0 fully saturated rings. The van der Waals surface area contributed by atoms with Crippen LogP contribution in [-0.4, -0.2) is 13.0 Å². The average molecular weight is 284 g/mol. The largest absolute Gasteiger partial charge is 0.320 e. The number of anilines is 1. The van der Waals surface area contributed by atoms with Crippen molar-refractivity contribution in [1.29, 1.82) is 0 Å². The lowest BCUT2D eigenvalue weighted by atomic mass is 9.94. The number of benzene rings is 2. The normalized spacial score (nSPS) is 15.2. The van der Waals surface area contributed by atoms with Crippen LogP contribution in [0.15, 0.2) is 36.4 Å². The van der Waals surface area contributed by atoms with E-state index in [4.69, 9.17) is 5.73 Å². The molecule has 3 nitrogen and oxygen atoms in total. The van der Waals surface area contributed by atoms with Crippen LogP contribution in [0, 0.1) is 12.7 Å². The molecule has 108 valence electrons. The number of hydrogen-bond acceptors (Lipinski definition) is 2. The van der Waals surface area contributed by atoms with E-state index >= 15 is 0 Å². The molecule has 3 rings (SSSR count). The molecule has 1 unspecified atom stereocenters. The third-order valence-electron chi connectivity index (χ3n) is 4.12. The number of aryl methyl sites for hydroxylation is 1. The number of nitrogens with two attached hydrogens (primary N) is 1. The predicted octanol–water partition coefficient (Wildman–Crippen LogP) is 2.70. The number of carbonyl (C=O) groups is 1. The van der Waals surface area contributed by atoms with Crippen LogP contribution >= 0.6 is 0 Å². The lowest BCUT2D eigenvalue weighted by Gasteiger charge is -2.17. The zero-order chi connectivity index (χ0) is 15.1. The van der Waals surface area contributed by atoms with E-state index in [1.807, 2.05) is 25.1 Å². The first-order valence-corrected chi connectivity index (χ1v) is 6.88. The van der Waals surface area contributed by atoms with Crippen molar-refractivity contribution in [3.05, 3.63) is 64.5 Å². The van der Waals surface area contributed by atoms with Crippen molar-refractivity contribution in [2.24, 2.45) is 5.73 Å². The number of carbonyl (C=O) groups excluding carboxylic acids is 1. The molecule has 2 aromatic carbocycles. The highest BCUT2D eigenvalue weighted by atomic mass is 19.1.